The quantitative estimate of drug-likeness (QED) is 0.527. The number of carbonyl (C=O) groups excluding carboxylic acids is 3. The first kappa shape index (κ1) is 18.5. The molecular formula is C19H24N4O5. The highest BCUT2D eigenvalue weighted by molar-refractivity contribution is 5.83. The number of likely N-dealkylation sites (tertiary alicyclic amines) is 1. The summed E-state index contributed by atoms with van der Waals surface area (Å²) in [6.45, 7) is 1.31. The smallest absolute Gasteiger partial charge is 0.315 e. The van der Waals surface area contributed by atoms with Crippen molar-refractivity contribution in [1.82, 2.24) is 20.9 Å². The van der Waals surface area contributed by atoms with E-state index in [1.54, 1.807) is 17.0 Å². The van der Waals surface area contributed by atoms with E-state index in [9.17, 15) is 19.5 Å². The maximum absolute atomic E-state index is 12.7. The molecule has 2 aliphatic heterocycles. The van der Waals surface area contributed by atoms with Crippen LogP contribution in [0.3, 0.4) is 0 Å². The van der Waals surface area contributed by atoms with Crippen molar-refractivity contribution in [1.29, 1.82) is 0 Å². The largest absolute Gasteiger partial charge is 0.484 e. The minimum absolute atomic E-state index is 0.0388. The van der Waals surface area contributed by atoms with Crippen molar-refractivity contribution in [2.75, 3.05) is 26.2 Å². The van der Waals surface area contributed by atoms with E-state index < -0.39 is 12.1 Å². The summed E-state index contributed by atoms with van der Waals surface area (Å²) in [5.41, 5.74) is -0.355. The minimum atomic E-state index is -0.766. The Hall–Kier alpha value is -2.81. The fourth-order valence-electron chi connectivity index (χ4n) is 4.15. The molecule has 2 saturated heterocycles. The lowest BCUT2D eigenvalue weighted by molar-refractivity contribution is -0.143. The van der Waals surface area contributed by atoms with Gasteiger partial charge in [0.25, 0.3) is 5.91 Å². The number of benzene rings is 1. The molecule has 3 aliphatic rings. The molecule has 9 heteroatoms. The summed E-state index contributed by atoms with van der Waals surface area (Å²) in [6, 6.07) is 8.33. The van der Waals surface area contributed by atoms with Crippen molar-refractivity contribution >= 4 is 17.8 Å². The summed E-state index contributed by atoms with van der Waals surface area (Å²) >= 11 is 0. The molecule has 150 valence electrons. The molecule has 1 saturated carbocycles. The van der Waals surface area contributed by atoms with Gasteiger partial charge in [0.2, 0.25) is 5.91 Å². The highest BCUT2D eigenvalue weighted by Gasteiger charge is 2.51. The van der Waals surface area contributed by atoms with E-state index in [2.05, 4.69) is 16.0 Å². The molecule has 4 rings (SSSR count). The number of hydrogen-bond donors (Lipinski definition) is 4. The van der Waals surface area contributed by atoms with Crippen LogP contribution in [0.4, 0.5) is 4.79 Å². The van der Waals surface area contributed by atoms with Gasteiger partial charge in [0.05, 0.1) is 17.7 Å². The first-order valence-corrected chi connectivity index (χ1v) is 9.44. The molecule has 3 atom stereocenters. The van der Waals surface area contributed by atoms with Crippen LogP contribution >= 0.6 is 0 Å². The Morgan fingerprint density at radius 3 is 2.68 bits per heavy atom. The Labute approximate surface area is 162 Å². The number of aliphatic hydroxyl groups excluding tert-OH is 1. The number of carbonyl (C=O) groups is 3. The fourth-order valence-corrected chi connectivity index (χ4v) is 4.15. The van der Waals surface area contributed by atoms with Gasteiger partial charge in [-0.1, -0.05) is 18.2 Å². The van der Waals surface area contributed by atoms with Gasteiger partial charge in [0.15, 0.2) is 6.61 Å². The van der Waals surface area contributed by atoms with Gasteiger partial charge in [0, 0.05) is 25.6 Å². The highest BCUT2D eigenvalue weighted by Crippen LogP contribution is 2.32. The van der Waals surface area contributed by atoms with Crippen LogP contribution in [0, 0.1) is 5.92 Å². The Morgan fingerprint density at radius 1 is 1.25 bits per heavy atom. The van der Waals surface area contributed by atoms with Gasteiger partial charge in [0.1, 0.15) is 5.75 Å². The van der Waals surface area contributed by atoms with Crippen LogP contribution in [-0.2, 0) is 9.59 Å². The molecule has 4 N–H and O–H groups in total. The third-order valence-electron chi connectivity index (χ3n) is 5.60. The number of rotatable bonds is 5. The van der Waals surface area contributed by atoms with Gasteiger partial charge in [-0.2, -0.15) is 0 Å². The lowest BCUT2D eigenvalue weighted by Crippen LogP contribution is -2.70. The summed E-state index contributed by atoms with van der Waals surface area (Å²) in [6.07, 6.45) is -0.0551. The standard InChI is InChI=1S/C19H24N4O5/c24-15-7-12(17(26)23-10-19(11-23)9-20-18(27)22-19)6-14(15)21-16(25)8-28-13-4-2-1-3-5-13/h1-5,12,14-15,24H,6-11H2,(H,21,25)(H2,20,22,27)/t12-,14+,15+/m0/s1. The number of aliphatic hydroxyl groups is 1. The minimum Gasteiger partial charge on any atom is -0.484 e. The van der Waals surface area contributed by atoms with E-state index in [0.29, 0.717) is 38.2 Å². The summed E-state index contributed by atoms with van der Waals surface area (Å²) in [5.74, 6) is -0.109. The molecule has 9 nitrogen and oxygen atoms in total. The van der Waals surface area contributed by atoms with Crippen LogP contribution in [0.15, 0.2) is 30.3 Å². The zero-order chi connectivity index (χ0) is 19.7. The van der Waals surface area contributed by atoms with E-state index >= 15 is 0 Å². The fraction of sp³-hybridized carbons (Fsp3) is 0.526. The van der Waals surface area contributed by atoms with E-state index in [0.717, 1.165) is 0 Å². The second kappa shape index (κ2) is 7.31. The number of para-hydroxylation sites is 1. The molecule has 0 radical (unpaired) electrons. The second-order valence-electron chi connectivity index (χ2n) is 7.79. The molecule has 3 fully saturated rings. The summed E-state index contributed by atoms with van der Waals surface area (Å²) in [5, 5.41) is 18.6. The van der Waals surface area contributed by atoms with Gasteiger partial charge in [-0.15, -0.1) is 0 Å². The Balaban J connectivity index is 1.23. The number of nitrogens with zero attached hydrogens (tertiary/aromatic N) is 1. The molecule has 0 bridgehead atoms. The van der Waals surface area contributed by atoms with Gasteiger partial charge in [-0.3, -0.25) is 9.59 Å². The van der Waals surface area contributed by atoms with Crippen LogP contribution in [0.5, 0.6) is 5.75 Å². The predicted octanol–water partition coefficient (Wildman–Crippen LogP) is -0.785. The Bertz CT molecular complexity index is 765. The average Bonchev–Trinajstić information content (AvgIpc) is 3.22. The molecule has 1 aromatic carbocycles. The summed E-state index contributed by atoms with van der Waals surface area (Å²) < 4.78 is 5.41. The normalized spacial score (nSPS) is 27.7. The van der Waals surface area contributed by atoms with Crippen LogP contribution in [-0.4, -0.2) is 71.8 Å². The monoisotopic (exact) mass is 388 g/mol. The number of amides is 4. The molecule has 1 spiro atoms. The van der Waals surface area contributed by atoms with Gasteiger partial charge >= 0.3 is 6.03 Å². The van der Waals surface area contributed by atoms with Crippen LogP contribution < -0.4 is 20.7 Å². The zero-order valence-electron chi connectivity index (χ0n) is 15.4. The summed E-state index contributed by atoms with van der Waals surface area (Å²) in [4.78, 5) is 37.8. The molecule has 1 aliphatic carbocycles. The SMILES string of the molecule is O=C(COc1ccccc1)N[C@@H]1C[C@H](C(=O)N2CC3(CNC(=O)N3)C2)C[C@H]1O. The lowest BCUT2D eigenvalue weighted by Gasteiger charge is -2.47. The van der Waals surface area contributed by atoms with Crippen molar-refractivity contribution in [3.63, 3.8) is 0 Å². The van der Waals surface area contributed by atoms with Crippen molar-refractivity contribution in [3.8, 4) is 5.75 Å². The zero-order valence-corrected chi connectivity index (χ0v) is 15.4. The molecule has 2 heterocycles. The molecule has 4 amide bonds. The van der Waals surface area contributed by atoms with Gasteiger partial charge in [-0.05, 0) is 25.0 Å². The van der Waals surface area contributed by atoms with Gasteiger partial charge in [-0.25, -0.2) is 4.79 Å². The van der Waals surface area contributed by atoms with Crippen molar-refractivity contribution in [3.05, 3.63) is 30.3 Å². The topological polar surface area (TPSA) is 120 Å². The number of ether oxygens (including phenoxy) is 1. The first-order valence-electron chi connectivity index (χ1n) is 9.44. The van der Waals surface area contributed by atoms with E-state index in [1.165, 1.54) is 0 Å². The number of hydrogen-bond acceptors (Lipinski definition) is 5. The van der Waals surface area contributed by atoms with Crippen molar-refractivity contribution in [2.45, 2.75) is 30.5 Å². The van der Waals surface area contributed by atoms with Crippen LogP contribution in [0.25, 0.3) is 0 Å². The number of urea groups is 1. The van der Waals surface area contributed by atoms with Crippen LogP contribution in [0.1, 0.15) is 12.8 Å². The molecule has 0 unspecified atom stereocenters. The van der Waals surface area contributed by atoms with E-state index in [1.807, 2.05) is 18.2 Å². The predicted molar refractivity (Wildman–Crippen MR) is 98.4 cm³/mol. The van der Waals surface area contributed by atoms with Gasteiger partial charge < -0.3 is 30.7 Å². The molecule has 0 aromatic heterocycles. The Morgan fingerprint density at radius 2 is 2.00 bits per heavy atom. The third kappa shape index (κ3) is 3.75. The van der Waals surface area contributed by atoms with E-state index in [-0.39, 0.29) is 35.9 Å². The highest BCUT2D eigenvalue weighted by atomic mass is 16.5. The average molecular weight is 388 g/mol. The second-order valence-corrected chi connectivity index (χ2v) is 7.79. The van der Waals surface area contributed by atoms with Crippen LogP contribution in [0.2, 0.25) is 0 Å². The maximum atomic E-state index is 12.7. The van der Waals surface area contributed by atoms with E-state index in [4.69, 9.17) is 4.74 Å². The first-order chi connectivity index (χ1) is 13.4. The molecule has 28 heavy (non-hydrogen) atoms. The number of nitrogens with one attached hydrogen (secondary N) is 3. The third-order valence-corrected chi connectivity index (χ3v) is 5.60. The Kier molecular flexibility index (Phi) is 4.84. The maximum Gasteiger partial charge on any atom is 0.315 e. The molecular weight excluding hydrogens is 364 g/mol. The lowest BCUT2D eigenvalue weighted by atomic mass is 9.89. The molecule has 1 aromatic rings. The summed E-state index contributed by atoms with van der Waals surface area (Å²) in [7, 11) is 0. The van der Waals surface area contributed by atoms with Crippen molar-refractivity contribution in [2.24, 2.45) is 5.92 Å². The van der Waals surface area contributed by atoms with Crippen molar-refractivity contribution < 1.29 is 24.2 Å².